The maximum Gasteiger partial charge on any atom is 0.333 e. The first-order valence-electron chi connectivity index (χ1n) is 10.4. The van der Waals surface area contributed by atoms with E-state index < -0.39 is 30.9 Å². The highest BCUT2D eigenvalue weighted by molar-refractivity contribution is 7.86. The molecule has 15 heteroatoms. The van der Waals surface area contributed by atoms with Crippen LogP contribution in [0.15, 0.2) is 51.3 Å². The molecule has 0 spiro atoms. The number of hydrogen-bond acceptors (Lipinski definition) is 9. The van der Waals surface area contributed by atoms with Gasteiger partial charge < -0.3 is 11.5 Å². The van der Waals surface area contributed by atoms with Crippen molar-refractivity contribution in [1.29, 1.82) is 0 Å². The summed E-state index contributed by atoms with van der Waals surface area (Å²) in [5, 5.41) is 0.281. The van der Waals surface area contributed by atoms with Crippen LogP contribution in [0, 0.1) is 0 Å². The molecule has 0 atom stereocenters. The number of halogens is 3. The molecule has 0 saturated carbocycles. The molecule has 1 heterocycles. The zero-order chi connectivity index (χ0) is 27.5. The van der Waals surface area contributed by atoms with Crippen LogP contribution in [0.4, 0.5) is 9.57 Å². The second-order valence-electron chi connectivity index (χ2n) is 8.08. The standard InChI is InChI=1S/C19H20Cl2FN5O2S.C2H6O3S/c1-19(2)26-17(23)25-18(24)27(19)13-9-8-11(15(21)10-13)6-7-12-4-3-5-14(20)16(12)30(22,28)29;1-2-6(3,4)5/h3-5,8-10H,6-7H2,1-2H3,(H4,23,24,25,26);2H2,1H3,(H,3,4,5). The molecule has 0 fully saturated rings. The molecule has 198 valence electrons. The largest absolute Gasteiger partial charge is 0.369 e. The lowest BCUT2D eigenvalue weighted by Crippen LogP contribution is -2.54. The Morgan fingerprint density at radius 1 is 1.03 bits per heavy atom. The van der Waals surface area contributed by atoms with Crippen molar-refractivity contribution in [2.45, 2.75) is 44.2 Å². The Morgan fingerprint density at radius 2 is 1.61 bits per heavy atom. The number of aryl methyl sites for hydroxylation is 2. The van der Waals surface area contributed by atoms with Crippen molar-refractivity contribution in [3.05, 3.63) is 57.6 Å². The van der Waals surface area contributed by atoms with Crippen molar-refractivity contribution >= 4 is 61.1 Å². The third-order valence-electron chi connectivity index (χ3n) is 5.01. The number of guanidine groups is 2. The molecule has 36 heavy (non-hydrogen) atoms. The van der Waals surface area contributed by atoms with Gasteiger partial charge in [-0.3, -0.25) is 9.45 Å². The fourth-order valence-corrected chi connectivity index (χ4v) is 4.95. The molecule has 2 aromatic rings. The van der Waals surface area contributed by atoms with E-state index in [2.05, 4.69) is 9.98 Å². The summed E-state index contributed by atoms with van der Waals surface area (Å²) in [6.45, 7) is 5.04. The van der Waals surface area contributed by atoms with Crippen molar-refractivity contribution in [2.75, 3.05) is 10.7 Å². The number of benzene rings is 2. The average Bonchev–Trinajstić information content (AvgIpc) is 2.70. The number of rotatable bonds is 6. The van der Waals surface area contributed by atoms with Gasteiger partial charge in [0.2, 0.25) is 11.9 Å². The molecule has 0 amide bonds. The first-order valence-corrected chi connectivity index (χ1v) is 14.2. The smallest absolute Gasteiger partial charge is 0.333 e. The van der Waals surface area contributed by atoms with Crippen LogP contribution < -0.4 is 16.4 Å². The van der Waals surface area contributed by atoms with Crippen molar-refractivity contribution in [2.24, 2.45) is 21.5 Å². The van der Waals surface area contributed by atoms with E-state index >= 15 is 0 Å². The fraction of sp³-hybridized carbons (Fsp3) is 0.333. The Morgan fingerprint density at radius 3 is 2.11 bits per heavy atom. The molecule has 1 aliphatic rings. The minimum absolute atomic E-state index is 0.0941. The second-order valence-corrected chi connectivity index (χ2v) is 11.9. The Labute approximate surface area is 219 Å². The summed E-state index contributed by atoms with van der Waals surface area (Å²) in [4.78, 5) is 9.49. The van der Waals surface area contributed by atoms with Gasteiger partial charge in [-0.15, -0.1) is 3.89 Å². The van der Waals surface area contributed by atoms with Crippen LogP contribution in [0.2, 0.25) is 10.0 Å². The Bertz CT molecular complexity index is 1410. The quantitative estimate of drug-likeness (QED) is 0.343. The fourth-order valence-electron chi connectivity index (χ4n) is 3.42. The van der Waals surface area contributed by atoms with Gasteiger partial charge in [-0.05, 0) is 62.9 Å². The van der Waals surface area contributed by atoms with Crippen LogP contribution in [0.5, 0.6) is 0 Å². The van der Waals surface area contributed by atoms with Gasteiger partial charge in [0.15, 0.2) is 0 Å². The van der Waals surface area contributed by atoms with E-state index in [-0.39, 0.29) is 34.7 Å². The van der Waals surface area contributed by atoms with Crippen LogP contribution >= 0.6 is 23.2 Å². The molecule has 3 rings (SSSR count). The Kier molecular flexibility index (Phi) is 9.35. The third kappa shape index (κ3) is 7.77. The molecule has 0 aliphatic carbocycles. The SMILES string of the molecule is CC1(C)N=C(N)N=C(N)N1c1ccc(CCc2cccc(Cl)c2S(=O)(=O)F)c(Cl)c1.CCS(=O)(=O)O. The number of aliphatic imine (C=N–C) groups is 2. The van der Waals surface area contributed by atoms with Crippen molar-refractivity contribution in [1.82, 2.24) is 0 Å². The molecule has 10 nitrogen and oxygen atoms in total. The van der Waals surface area contributed by atoms with Gasteiger partial charge in [0, 0.05) is 10.7 Å². The van der Waals surface area contributed by atoms with E-state index in [1.807, 2.05) is 13.8 Å². The molecule has 0 saturated heterocycles. The second kappa shape index (κ2) is 11.3. The van der Waals surface area contributed by atoms with E-state index in [4.69, 9.17) is 39.2 Å². The van der Waals surface area contributed by atoms with E-state index in [9.17, 15) is 20.7 Å². The molecule has 0 unspecified atom stereocenters. The van der Waals surface area contributed by atoms with Gasteiger partial charge in [0.25, 0.3) is 10.1 Å². The lowest BCUT2D eigenvalue weighted by Gasteiger charge is -2.38. The van der Waals surface area contributed by atoms with Gasteiger partial charge in [-0.2, -0.15) is 21.8 Å². The number of hydrogen-bond donors (Lipinski definition) is 3. The monoisotopic (exact) mass is 581 g/mol. The van der Waals surface area contributed by atoms with Crippen molar-refractivity contribution in [3.8, 4) is 0 Å². The summed E-state index contributed by atoms with van der Waals surface area (Å²) in [7, 11) is -8.61. The van der Waals surface area contributed by atoms with Crippen molar-refractivity contribution < 1.29 is 25.3 Å². The van der Waals surface area contributed by atoms with E-state index in [1.54, 1.807) is 29.2 Å². The molecular formula is C21H26Cl2FN5O5S2. The van der Waals surface area contributed by atoms with Crippen LogP contribution in [0.25, 0.3) is 0 Å². The number of anilines is 1. The maximum atomic E-state index is 13.7. The highest BCUT2D eigenvalue weighted by Gasteiger charge is 2.33. The summed E-state index contributed by atoms with van der Waals surface area (Å²) >= 11 is 12.4. The molecule has 0 bridgehead atoms. The zero-order valence-corrected chi connectivity index (χ0v) is 22.8. The maximum absolute atomic E-state index is 13.7. The van der Waals surface area contributed by atoms with Gasteiger partial charge in [-0.1, -0.05) is 41.4 Å². The Balaban J connectivity index is 0.000000678. The molecule has 0 radical (unpaired) electrons. The molecule has 5 N–H and O–H groups in total. The van der Waals surface area contributed by atoms with Gasteiger partial charge in [0.1, 0.15) is 10.6 Å². The highest BCUT2D eigenvalue weighted by atomic mass is 35.5. The zero-order valence-electron chi connectivity index (χ0n) is 19.6. The summed E-state index contributed by atoms with van der Waals surface area (Å²) < 4.78 is 63.5. The molecule has 2 aromatic carbocycles. The predicted octanol–water partition coefficient (Wildman–Crippen LogP) is 3.52. The molecule has 1 aliphatic heterocycles. The van der Waals surface area contributed by atoms with Crippen LogP contribution in [0.3, 0.4) is 0 Å². The summed E-state index contributed by atoms with van der Waals surface area (Å²) in [6.07, 6.45) is 0.609. The highest BCUT2D eigenvalue weighted by Crippen LogP contribution is 2.32. The number of nitrogens with zero attached hydrogens (tertiary/aromatic N) is 3. The number of nitrogens with two attached hydrogens (primary N) is 2. The normalized spacial score (nSPS) is 15.5. The van der Waals surface area contributed by atoms with Crippen molar-refractivity contribution in [3.63, 3.8) is 0 Å². The summed E-state index contributed by atoms with van der Waals surface area (Å²) in [6, 6.07) is 9.73. The van der Waals surface area contributed by atoms with E-state index in [0.717, 1.165) is 5.56 Å². The van der Waals surface area contributed by atoms with Gasteiger partial charge in [0.05, 0.1) is 10.8 Å². The van der Waals surface area contributed by atoms with Crippen LogP contribution in [0.1, 0.15) is 31.9 Å². The predicted molar refractivity (Wildman–Crippen MR) is 140 cm³/mol. The summed E-state index contributed by atoms with van der Waals surface area (Å²) in [5.41, 5.74) is 12.7. The van der Waals surface area contributed by atoms with Crippen LogP contribution in [-0.4, -0.2) is 44.7 Å². The van der Waals surface area contributed by atoms with E-state index in [1.165, 1.54) is 19.1 Å². The minimum atomic E-state index is -4.94. The third-order valence-corrected chi connectivity index (χ3v) is 7.49. The Hall–Kier alpha value is -2.45. The first kappa shape index (κ1) is 29.8. The minimum Gasteiger partial charge on any atom is -0.369 e. The van der Waals surface area contributed by atoms with Gasteiger partial charge >= 0.3 is 10.2 Å². The topological polar surface area (TPSA) is 169 Å². The lowest BCUT2D eigenvalue weighted by atomic mass is 10.0. The summed E-state index contributed by atoms with van der Waals surface area (Å²) in [5.74, 6) is 0.0807. The molecular weight excluding hydrogens is 556 g/mol. The average molecular weight is 583 g/mol. The van der Waals surface area contributed by atoms with Gasteiger partial charge in [-0.25, -0.2) is 4.99 Å². The molecule has 0 aromatic heterocycles. The lowest BCUT2D eigenvalue weighted by molar-refractivity contribution is 0.484. The van der Waals surface area contributed by atoms with E-state index in [0.29, 0.717) is 17.1 Å². The first-order chi connectivity index (χ1) is 16.5. The van der Waals surface area contributed by atoms with Crippen LogP contribution in [-0.2, 0) is 33.2 Å².